The topological polar surface area (TPSA) is 99.6 Å². The molecule has 0 atom stereocenters. The van der Waals surface area contributed by atoms with Crippen LogP contribution in [-0.4, -0.2) is 30.2 Å². The summed E-state index contributed by atoms with van der Waals surface area (Å²) in [6.45, 7) is 1.95. The normalized spacial score (nSPS) is 11.2. The molecule has 0 radical (unpaired) electrons. The maximum atomic E-state index is 12.4. The number of thioether (sulfide) groups is 1. The molecule has 0 unspecified atom stereocenters. The molecule has 8 nitrogen and oxygen atoms in total. The van der Waals surface area contributed by atoms with E-state index in [1.165, 1.54) is 16.4 Å². The highest BCUT2D eigenvalue weighted by molar-refractivity contribution is 7.98. The number of rotatable bonds is 5. The zero-order valence-corrected chi connectivity index (χ0v) is 14.8. The van der Waals surface area contributed by atoms with Crippen molar-refractivity contribution in [2.45, 2.75) is 24.4 Å². The summed E-state index contributed by atoms with van der Waals surface area (Å²) < 4.78 is 6.87. The quantitative estimate of drug-likeness (QED) is 0.492. The number of hydrogen-bond acceptors (Lipinski definition) is 9. The first-order valence-electron chi connectivity index (χ1n) is 7.38. The monoisotopic (exact) mass is 372 g/mol. The highest BCUT2D eigenvalue weighted by Gasteiger charge is 2.11. The van der Waals surface area contributed by atoms with Gasteiger partial charge in [0.15, 0.2) is 0 Å². The van der Waals surface area contributed by atoms with Gasteiger partial charge in [0.05, 0.1) is 22.5 Å². The molecule has 0 fully saturated rings. The molecule has 1 aromatic carbocycles. The lowest BCUT2D eigenvalue weighted by Gasteiger charge is -2.02. The Morgan fingerprint density at radius 1 is 1.24 bits per heavy atom. The van der Waals surface area contributed by atoms with E-state index in [1.807, 2.05) is 18.4 Å². The van der Waals surface area contributed by atoms with E-state index in [4.69, 9.17) is 4.42 Å². The fourth-order valence-electron chi connectivity index (χ4n) is 2.24. The van der Waals surface area contributed by atoms with Crippen molar-refractivity contribution in [3.8, 4) is 0 Å². The molecule has 0 amide bonds. The third kappa shape index (κ3) is 3.44. The van der Waals surface area contributed by atoms with Gasteiger partial charge in [0.2, 0.25) is 5.89 Å². The van der Waals surface area contributed by atoms with Crippen molar-refractivity contribution in [3.63, 3.8) is 0 Å². The molecule has 0 N–H and O–H groups in total. The van der Waals surface area contributed by atoms with Crippen LogP contribution in [0, 0.1) is 6.92 Å². The Balaban J connectivity index is 1.47. The van der Waals surface area contributed by atoms with Crippen LogP contribution < -0.4 is 5.56 Å². The van der Waals surface area contributed by atoms with Crippen molar-refractivity contribution < 1.29 is 4.42 Å². The Kier molecular flexibility index (Phi) is 4.28. The van der Waals surface area contributed by atoms with Gasteiger partial charge in [0.1, 0.15) is 11.4 Å². The third-order valence-electron chi connectivity index (χ3n) is 3.39. The van der Waals surface area contributed by atoms with Crippen molar-refractivity contribution in [2.24, 2.45) is 0 Å². The molecule has 25 heavy (non-hydrogen) atoms. The second kappa shape index (κ2) is 6.73. The Bertz CT molecular complexity index is 1090. The van der Waals surface area contributed by atoms with E-state index in [1.54, 1.807) is 29.5 Å². The van der Waals surface area contributed by atoms with Gasteiger partial charge in [0.25, 0.3) is 10.8 Å². The van der Waals surface area contributed by atoms with Gasteiger partial charge in [-0.3, -0.25) is 4.79 Å². The minimum atomic E-state index is -0.198. The molecule has 4 aromatic rings. The molecular formula is C15H12N6O2S2. The van der Waals surface area contributed by atoms with Crippen molar-refractivity contribution in [2.75, 3.05) is 0 Å². The predicted molar refractivity (Wildman–Crippen MR) is 93.6 cm³/mol. The van der Waals surface area contributed by atoms with Crippen molar-refractivity contribution >= 4 is 34.0 Å². The van der Waals surface area contributed by atoms with E-state index in [-0.39, 0.29) is 11.4 Å². The summed E-state index contributed by atoms with van der Waals surface area (Å²) in [4.78, 5) is 16.7. The zero-order valence-electron chi connectivity index (χ0n) is 13.1. The lowest BCUT2D eigenvalue weighted by molar-refractivity contribution is 0.418. The van der Waals surface area contributed by atoms with Gasteiger partial charge in [-0.15, -0.1) is 26.6 Å². The lowest BCUT2D eigenvalue weighted by atomic mass is 10.2. The van der Waals surface area contributed by atoms with Gasteiger partial charge >= 0.3 is 0 Å². The maximum Gasteiger partial charge on any atom is 0.278 e. The lowest BCUT2D eigenvalue weighted by Crippen LogP contribution is -2.23. The van der Waals surface area contributed by atoms with E-state index >= 15 is 0 Å². The number of fused-ring (bicyclic) bond motifs is 1. The summed E-state index contributed by atoms with van der Waals surface area (Å²) in [5.41, 5.74) is 1.28. The van der Waals surface area contributed by atoms with Crippen LogP contribution in [-0.2, 0) is 12.3 Å². The number of aryl methyl sites for hydroxylation is 1. The smallest absolute Gasteiger partial charge is 0.278 e. The van der Waals surface area contributed by atoms with Gasteiger partial charge in [0, 0.05) is 5.38 Å². The van der Waals surface area contributed by atoms with Crippen LogP contribution in [0.3, 0.4) is 0 Å². The van der Waals surface area contributed by atoms with E-state index < -0.39 is 0 Å². The van der Waals surface area contributed by atoms with Crippen molar-refractivity contribution in [1.82, 2.24) is 30.2 Å². The molecule has 0 aliphatic rings. The fourth-order valence-corrected chi connectivity index (χ4v) is 3.50. The molecule has 0 saturated heterocycles. The van der Waals surface area contributed by atoms with Crippen molar-refractivity contribution in [1.29, 1.82) is 0 Å². The van der Waals surface area contributed by atoms with Gasteiger partial charge in [-0.2, -0.15) is 4.68 Å². The van der Waals surface area contributed by atoms with Gasteiger partial charge in [-0.05, 0) is 30.8 Å². The summed E-state index contributed by atoms with van der Waals surface area (Å²) in [6, 6.07) is 7.10. The molecule has 0 spiro atoms. The standard InChI is InChI=1S/C15H12N6O2S2/c1-9-16-10(7-24-9)6-13-18-19-15(23-13)25-8-21-14(22)11-4-2-3-5-12(11)17-20-21/h2-5,7H,6,8H2,1H3. The van der Waals surface area contributed by atoms with E-state index in [9.17, 15) is 4.79 Å². The highest BCUT2D eigenvalue weighted by Crippen LogP contribution is 2.19. The van der Waals surface area contributed by atoms with Crippen molar-refractivity contribution in [3.05, 3.63) is 56.6 Å². The van der Waals surface area contributed by atoms with Crippen LogP contribution in [0.4, 0.5) is 0 Å². The molecule has 126 valence electrons. The second-order valence-corrected chi connectivity index (χ2v) is 7.14. The Hall–Kier alpha value is -2.59. The summed E-state index contributed by atoms with van der Waals surface area (Å²) in [5, 5.41) is 19.8. The largest absolute Gasteiger partial charge is 0.415 e. The zero-order chi connectivity index (χ0) is 17.2. The number of nitrogens with zero attached hydrogens (tertiary/aromatic N) is 6. The van der Waals surface area contributed by atoms with Crippen LogP contribution in [0.2, 0.25) is 0 Å². The van der Waals surface area contributed by atoms with Crippen LogP contribution in [0.5, 0.6) is 0 Å². The fraction of sp³-hybridized carbons (Fsp3) is 0.200. The number of aromatic nitrogens is 6. The molecular weight excluding hydrogens is 360 g/mol. The first-order chi connectivity index (χ1) is 12.2. The molecule has 0 aliphatic heterocycles. The van der Waals surface area contributed by atoms with Crippen LogP contribution in [0.25, 0.3) is 10.9 Å². The van der Waals surface area contributed by atoms with Crippen LogP contribution in [0.1, 0.15) is 16.6 Å². The summed E-state index contributed by atoms with van der Waals surface area (Å²) in [6.07, 6.45) is 0.494. The highest BCUT2D eigenvalue weighted by atomic mass is 32.2. The molecule has 4 rings (SSSR count). The van der Waals surface area contributed by atoms with E-state index in [0.29, 0.717) is 28.4 Å². The van der Waals surface area contributed by atoms with Gasteiger partial charge in [-0.1, -0.05) is 17.3 Å². The third-order valence-corrected chi connectivity index (χ3v) is 4.99. The molecule has 0 bridgehead atoms. The SMILES string of the molecule is Cc1nc(Cc2nnc(SCn3nnc4ccccc4c3=O)o2)cs1. The maximum absolute atomic E-state index is 12.4. The molecule has 3 heterocycles. The molecule has 3 aromatic heterocycles. The Labute approximate surface area is 149 Å². The molecule has 0 aliphatic carbocycles. The van der Waals surface area contributed by atoms with E-state index in [0.717, 1.165) is 10.7 Å². The number of thiazole rings is 1. The average molecular weight is 372 g/mol. The number of benzene rings is 1. The average Bonchev–Trinajstić information content (AvgIpc) is 3.24. The first-order valence-corrected chi connectivity index (χ1v) is 9.24. The molecule has 0 saturated carbocycles. The minimum absolute atomic E-state index is 0.198. The summed E-state index contributed by atoms with van der Waals surface area (Å²) in [7, 11) is 0. The second-order valence-electron chi connectivity index (χ2n) is 5.18. The molecule has 10 heteroatoms. The van der Waals surface area contributed by atoms with Gasteiger partial charge < -0.3 is 4.42 Å². The summed E-state index contributed by atoms with van der Waals surface area (Å²) in [5.74, 6) is 0.735. The minimum Gasteiger partial charge on any atom is -0.415 e. The van der Waals surface area contributed by atoms with Gasteiger partial charge in [-0.25, -0.2) is 4.98 Å². The van der Waals surface area contributed by atoms with Crippen LogP contribution >= 0.6 is 23.1 Å². The van der Waals surface area contributed by atoms with E-state index in [2.05, 4.69) is 25.5 Å². The predicted octanol–water partition coefficient (Wildman–Crippen LogP) is 2.28. The summed E-state index contributed by atoms with van der Waals surface area (Å²) >= 11 is 2.82. The Morgan fingerprint density at radius 3 is 2.96 bits per heavy atom. The van der Waals surface area contributed by atoms with Crippen LogP contribution in [0.15, 0.2) is 44.1 Å². The first kappa shape index (κ1) is 15.9. The Morgan fingerprint density at radius 2 is 2.12 bits per heavy atom. The number of hydrogen-bond donors (Lipinski definition) is 0.